The number of sulfonamides is 1. The molecule has 4 aromatic rings. The Morgan fingerprint density at radius 2 is 1.78 bits per heavy atom. The number of nitrogens with one attached hydrogen (secondary N) is 1. The summed E-state index contributed by atoms with van der Waals surface area (Å²) in [4.78, 5) is 4.21. The Hall–Kier alpha value is -3.86. The average molecular weight is 536 g/mol. The molecule has 0 radical (unpaired) electrons. The van der Waals surface area contributed by atoms with E-state index in [9.17, 15) is 30.4 Å². The van der Waals surface area contributed by atoms with Gasteiger partial charge in [-0.1, -0.05) is 30.0 Å². The molecule has 192 valence electrons. The normalized spacial score (nSPS) is 12.1. The number of hydrogen-bond donors (Lipinski definition) is 2. The molecule has 2 aromatic carbocycles. The van der Waals surface area contributed by atoms with E-state index < -0.39 is 33.9 Å². The lowest BCUT2D eigenvalue weighted by molar-refractivity contribution is -0.137. The number of aliphatic hydroxyl groups is 1. The lowest BCUT2D eigenvalue weighted by Gasteiger charge is -2.10. The molecule has 2 heterocycles. The van der Waals surface area contributed by atoms with E-state index in [4.69, 9.17) is 5.11 Å². The monoisotopic (exact) mass is 536 g/mol. The van der Waals surface area contributed by atoms with Gasteiger partial charge in [-0.05, 0) is 36.4 Å². The van der Waals surface area contributed by atoms with Crippen molar-refractivity contribution in [1.82, 2.24) is 19.3 Å². The van der Waals surface area contributed by atoms with Gasteiger partial charge in [0.25, 0.3) is 6.43 Å². The number of benzene rings is 2. The topological polar surface area (TPSA) is 96.6 Å². The van der Waals surface area contributed by atoms with E-state index in [-0.39, 0.29) is 40.5 Å². The fourth-order valence-electron chi connectivity index (χ4n) is 3.35. The largest absolute Gasteiger partial charge is 0.416 e. The van der Waals surface area contributed by atoms with E-state index in [1.807, 2.05) is 0 Å². The minimum Gasteiger partial charge on any atom is -0.395 e. The van der Waals surface area contributed by atoms with Crippen molar-refractivity contribution in [3.63, 3.8) is 0 Å². The van der Waals surface area contributed by atoms with E-state index in [1.165, 1.54) is 30.5 Å². The molecular formula is C24H17F5N4O3S. The molecule has 2 N–H and O–H groups in total. The summed E-state index contributed by atoms with van der Waals surface area (Å²) >= 11 is 0. The molecule has 0 bridgehead atoms. The van der Waals surface area contributed by atoms with Crippen LogP contribution in [0.2, 0.25) is 0 Å². The predicted molar refractivity (Wildman–Crippen MR) is 123 cm³/mol. The molecule has 0 saturated heterocycles. The van der Waals surface area contributed by atoms with Crippen molar-refractivity contribution in [2.75, 3.05) is 13.2 Å². The fraction of sp³-hybridized carbons (Fsp3) is 0.167. The Kier molecular flexibility index (Phi) is 7.26. The maximum atomic E-state index is 13.8. The van der Waals surface area contributed by atoms with Crippen LogP contribution in [0.15, 0.2) is 65.7 Å². The summed E-state index contributed by atoms with van der Waals surface area (Å²) in [5.41, 5.74) is -0.849. The third-order valence-corrected chi connectivity index (χ3v) is 6.58. The average Bonchev–Trinajstić information content (AvgIpc) is 3.28. The Morgan fingerprint density at radius 3 is 2.43 bits per heavy atom. The van der Waals surface area contributed by atoms with Crippen molar-refractivity contribution in [2.24, 2.45) is 0 Å². The lowest BCUT2D eigenvalue weighted by Crippen LogP contribution is -2.26. The second-order valence-electron chi connectivity index (χ2n) is 7.63. The summed E-state index contributed by atoms with van der Waals surface area (Å²) in [5.74, 6) is 5.48. The van der Waals surface area contributed by atoms with E-state index in [2.05, 4.69) is 26.6 Å². The second-order valence-corrected chi connectivity index (χ2v) is 9.40. The molecule has 0 atom stereocenters. The van der Waals surface area contributed by atoms with Crippen molar-refractivity contribution in [3.8, 4) is 23.1 Å². The number of aliphatic hydroxyl groups excluding tert-OH is 1. The third kappa shape index (κ3) is 5.77. The SMILES string of the molecule is O=S(=O)(NCCO)c1cccc(C#Cc2cnn3c(C(F)F)cc(-c4ccc(C(F)(F)F)cc4)nc23)c1. The van der Waals surface area contributed by atoms with E-state index in [0.717, 1.165) is 34.8 Å². The summed E-state index contributed by atoms with van der Waals surface area (Å²) in [7, 11) is -3.88. The number of fused-ring (bicyclic) bond motifs is 1. The smallest absolute Gasteiger partial charge is 0.395 e. The first-order chi connectivity index (χ1) is 17.5. The number of alkyl halides is 5. The van der Waals surface area contributed by atoms with Gasteiger partial charge in [0.15, 0.2) is 5.65 Å². The van der Waals surface area contributed by atoms with Crippen LogP contribution >= 0.6 is 0 Å². The predicted octanol–water partition coefficient (Wildman–Crippen LogP) is 4.02. The highest BCUT2D eigenvalue weighted by Gasteiger charge is 2.30. The third-order valence-electron chi connectivity index (χ3n) is 5.12. The number of aromatic nitrogens is 3. The summed E-state index contributed by atoms with van der Waals surface area (Å²) in [5, 5.41) is 12.8. The van der Waals surface area contributed by atoms with E-state index >= 15 is 0 Å². The van der Waals surface area contributed by atoms with Crippen LogP contribution in [0, 0.1) is 11.8 Å². The quantitative estimate of drug-likeness (QED) is 0.287. The standard InChI is InChI=1S/C24H17F5N4O3S/c25-22(26)21-13-20(16-6-8-18(9-7-16)24(27,28)29)32-23-17(14-30-33(21)23)5-4-15-2-1-3-19(12-15)37(35,36)31-10-11-34/h1-3,6-9,12-14,22,31,34H,10-11H2. The first-order valence-corrected chi connectivity index (χ1v) is 12.0. The Bertz CT molecular complexity index is 1610. The molecule has 7 nitrogen and oxygen atoms in total. The lowest BCUT2D eigenvalue weighted by atomic mass is 10.1. The Morgan fingerprint density at radius 1 is 1.05 bits per heavy atom. The van der Waals surface area contributed by atoms with Gasteiger partial charge in [-0.2, -0.15) is 18.3 Å². The molecule has 4 rings (SSSR count). The minimum atomic E-state index is -4.55. The Labute approximate surface area is 207 Å². The van der Waals surface area contributed by atoms with Gasteiger partial charge in [0.05, 0.1) is 34.5 Å². The van der Waals surface area contributed by atoms with Gasteiger partial charge in [0.2, 0.25) is 10.0 Å². The van der Waals surface area contributed by atoms with Crippen molar-refractivity contribution in [3.05, 3.63) is 83.2 Å². The molecule has 37 heavy (non-hydrogen) atoms. The molecule has 0 unspecified atom stereocenters. The molecule has 13 heteroatoms. The Balaban J connectivity index is 1.75. The van der Waals surface area contributed by atoms with Gasteiger partial charge in [0.1, 0.15) is 5.69 Å². The van der Waals surface area contributed by atoms with Crippen molar-refractivity contribution in [2.45, 2.75) is 17.5 Å². The van der Waals surface area contributed by atoms with Crippen molar-refractivity contribution < 1.29 is 35.5 Å². The fourth-order valence-corrected chi connectivity index (χ4v) is 4.42. The molecule has 0 aliphatic carbocycles. The van der Waals surface area contributed by atoms with Crippen molar-refractivity contribution >= 4 is 15.7 Å². The molecule has 0 aliphatic heterocycles. The molecular weight excluding hydrogens is 519 g/mol. The van der Waals surface area contributed by atoms with Gasteiger partial charge in [0, 0.05) is 17.7 Å². The highest BCUT2D eigenvalue weighted by molar-refractivity contribution is 7.89. The molecule has 0 fully saturated rings. The van der Waals surface area contributed by atoms with Crippen LogP contribution in [0.1, 0.15) is 28.8 Å². The second kappa shape index (κ2) is 10.3. The summed E-state index contributed by atoms with van der Waals surface area (Å²) < 4.78 is 93.9. The van der Waals surface area contributed by atoms with E-state index in [0.29, 0.717) is 5.56 Å². The zero-order valence-electron chi connectivity index (χ0n) is 18.7. The first kappa shape index (κ1) is 26.2. The summed E-state index contributed by atoms with van der Waals surface area (Å²) in [6.07, 6.45) is -6.31. The van der Waals surface area contributed by atoms with Gasteiger partial charge < -0.3 is 5.11 Å². The number of rotatable bonds is 6. The minimum absolute atomic E-state index is 0.00289. The molecule has 0 amide bonds. The molecule has 0 aliphatic rings. The molecule has 0 saturated carbocycles. The van der Waals surface area contributed by atoms with Crippen LogP contribution < -0.4 is 4.72 Å². The van der Waals surface area contributed by atoms with Crippen LogP contribution in [0.5, 0.6) is 0 Å². The maximum absolute atomic E-state index is 13.8. The van der Waals surface area contributed by atoms with Gasteiger partial charge in [-0.15, -0.1) is 0 Å². The highest BCUT2D eigenvalue weighted by Crippen LogP contribution is 2.32. The number of nitrogens with zero attached hydrogens (tertiary/aromatic N) is 3. The maximum Gasteiger partial charge on any atom is 0.416 e. The zero-order valence-corrected chi connectivity index (χ0v) is 19.5. The van der Waals surface area contributed by atoms with E-state index in [1.54, 1.807) is 0 Å². The number of halogens is 5. The van der Waals surface area contributed by atoms with Crippen LogP contribution in [0.4, 0.5) is 22.0 Å². The van der Waals surface area contributed by atoms with Crippen LogP contribution in [-0.2, 0) is 16.2 Å². The van der Waals surface area contributed by atoms with Crippen LogP contribution in [0.3, 0.4) is 0 Å². The highest BCUT2D eigenvalue weighted by atomic mass is 32.2. The van der Waals surface area contributed by atoms with Gasteiger partial charge in [-0.3, -0.25) is 0 Å². The van der Waals surface area contributed by atoms with Gasteiger partial charge >= 0.3 is 6.18 Å². The summed E-state index contributed by atoms with van der Waals surface area (Å²) in [6.45, 7) is -0.546. The van der Waals surface area contributed by atoms with Gasteiger partial charge in [-0.25, -0.2) is 31.4 Å². The summed E-state index contributed by atoms with van der Waals surface area (Å²) in [6, 6.07) is 10.6. The first-order valence-electron chi connectivity index (χ1n) is 10.6. The molecule has 0 spiro atoms. The zero-order chi connectivity index (χ0) is 26.8. The van der Waals surface area contributed by atoms with Crippen LogP contribution in [0.25, 0.3) is 16.9 Å². The number of hydrogen-bond acceptors (Lipinski definition) is 5. The van der Waals surface area contributed by atoms with Crippen molar-refractivity contribution in [1.29, 1.82) is 0 Å². The molecule has 2 aromatic heterocycles. The van der Waals surface area contributed by atoms with Crippen LogP contribution in [-0.4, -0.2) is 41.3 Å².